The molecule has 2 aromatic heterocycles. The van der Waals surface area contributed by atoms with E-state index in [1.54, 1.807) is 12.5 Å². The largest absolute Gasteiger partial charge is 0.463 e. The van der Waals surface area contributed by atoms with Crippen LogP contribution >= 0.6 is 0 Å². The molecule has 1 aromatic carbocycles. The van der Waals surface area contributed by atoms with Crippen LogP contribution in [0.4, 0.5) is 5.95 Å². The highest BCUT2D eigenvalue weighted by Crippen LogP contribution is 2.29. The van der Waals surface area contributed by atoms with Crippen LogP contribution in [0.25, 0.3) is 11.5 Å². The summed E-state index contributed by atoms with van der Waals surface area (Å²) in [5.74, 6) is 1.26. The lowest BCUT2D eigenvalue weighted by Gasteiger charge is -2.18. The van der Waals surface area contributed by atoms with Crippen molar-refractivity contribution >= 4 is 5.95 Å². The fourth-order valence-corrected chi connectivity index (χ4v) is 3.80. The first-order chi connectivity index (χ1) is 13.9. The number of anilines is 1. The Kier molecular flexibility index (Phi) is 4.78. The molecule has 0 aliphatic carbocycles. The van der Waals surface area contributed by atoms with Crippen molar-refractivity contribution < 1.29 is 13.9 Å². The molecule has 0 radical (unpaired) electrons. The molecule has 7 nitrogen and oxygen atoms in total. The third-order valence-electron chi connectivity index (χ3n) is 5.21. The van der Waals surface area contributed by atoms with Crippen molar-refractivity contribution in [3.05, 3.63) is 66.6 Å². The molecule has 2 aliphatic heterocycles. The molecule has 4 atom stereocenters. The molecule has 0 amide bonds. The van der Waals surface area contributed by atoms with Crippen LogP contribution in [0.3, 0.4) is 0 Å². The molecule has 4 heterocycles. The Morgan fingerprint density at radius 1 is 0.929 bits per heavy atom. The minimum Gasteiger partial charge on any atom is -0.463 e. The average molecular weight is 378 g/mol. The highest BCUT2D eigenvalue weighted by Gasteiger charge is 2.47. The molecule has 2 N–H and O–H groups in total. The van der Waals surface area contributed by atoms with Gasteiger partial charge in [0.2, 0.25) is 5.95 Å². The van der Waals surface area contributed by atoms with Gasteiger partial charge in [-0.15, -0.1) is 0 Å². The number of fused-ring (bicyclic) bond motifs is 1. The topological polar surface area (TPSA) is 81.4 Å². The summed E-state index contributed by atoms with van der Waals surface area (Å²) >= 11 is 0. The van der Waals surface area contributed by atoms with Gasteiger partial charge in [-0.1, -0.05) is 30.3 Å². The summed E-state index contributed by atoms with van der Waals surface area (Å²) in [6.07, 6.45) is 3.35. The molecule has 2 aliphatic rings. The zero-order chi connectivity index (χ0) is 18.8. The second-order valence-electron chi connectivity index (χ2n) is 7.06. The zero-order valence-electron chi connectivity index (χ0n) is 15.3. The number of furan rings is 1. The van der Waals surface area contributed by atoms with E-state index in [0.717, 1.165) is 12.2 Å². The van der Waals surface area contributed by atoms with E-state index in [0.29, 0.717) is 24.9 Å². The fourth-order valence-electron chi connectivity index (χ4n) is 3.80. The Balaban J connectivity index is 1.21. The quantitative estimate of drug-likeness (QED) is 0.682. The molecular formula is C21H22N4O3. The molecule has 0 saturated carbocycles. The monoisotopic (exact) mass is 378 g/mol. The summed E-state index contributed by atoms with van der Waals surface area (Å²) in [5, 5.41) is 6.93. The number of rotatable bonds is 6. The maximum absolute atomic E-state index is 6.04. The first-order valence-corrected chi connectivity index (χ1v) is 9.51. The molecule has 2 fully saturated rings. The van der Waals surface area contributed by atoms with E-state index in [9.17, 15) is 0 Å². The van der Waals surface area contributed by atoms with Gasteiger partial charge in [-0.2, -0.15) is 0 Å². The van der Waals surface area contributed by atoms with Crippen LogP contribution in [-0.4, -0.2) is 47.5 Å². The molecule has 0 unspecified atom stereocenters. The standard InChI is InChI=1S/C21H22N4O3/c1-2-5-14(6-3-1)11-23-16-12-27-20-17(13-28-19(16)20)25-21-22-9-8-15(24-21)18-7-4-10-26-18/h1-10,16-17,19-20,23H,11-13H2,(H,22,24,25)/t16-,17-,19+,20+/m0/s1. The maximum Gasteiger partial charge on any atom is 0.223 e. The van der Waals surface area contributed by atoms with Crippen molar-refractivity contribution in [1.29, 1.82) is 0 Å². The number of benzene rings is 1. The van der Waals surface area contributed by atoms with E-state index >= 15 is 0 Å². The predicted molar refractivity (Wildman–Crippen MR) is 104 cm³/mol. The number of ether oxygens (including phenoxy) is 2. The van der Waals surface area contributed by atoms with Crippen LogP contribution in [0.1, 0.15) is 5.56 Å². The van der Waals surface area contributed by atoms with Gasteiger partial charge in [0, 0.05) is 12.7 Å². The van der Waals surface area contributed by atoms with Crippen molar-refractivity contribution in [3.8, 4) is 11.5 Å². The fraction of sp³-hybridized carbons (Fsp3) is 0.333. The number of nitrogens with one attached hydrogen (secondary N) is 2. The van der Waals surface area contributed by atoms with Crippen LogP contribution in [0.5, 0.6) is 0 Å². The Hall–Kier alpha value is -2.74. The molecular weight excluding hydrogens is 356 g/mol. The predicted octanol–water partition coefficient (Wildman–Crippen LogP) is 2.47. The van der Waals surface area contributed by atoms with Gasteiger partial charge in [-0.3, -0.25) is 0 Å². The van der Waals surface area contributed by atoms with Gasteiger partial charge in [0.25, 0.3) is 0 Å². The Bertz CT molecular complexity index is 903. The van der Waals surface area contributed by atoms with Gasteiger partial charge in [-0.05, 0) is 23.8 Å². The third-order valence-corrected chi connectivity index (χ3v) is 5.21. The molecule has 3 aromatic rings. The first kappa shape index (κ1) is 17.4. The Morgan fingerprint density at radius 3 is 2.57 bits per heavy atom. The lowest BCUT2D eigenvalue weighted by atomic mass is 10.1. The van der Waals surface area contributed by atoms with Crippen LogP contribution in [0.2, 0.25) is 0 Å². The van der Waals surface area contributed by atoms with Crippen LogP contribution in [0.15, 0.2) is 65.4 Å². The molecule has 2 saturated heterocycles. The van der Waals surface area contributed by atoms with E-state index in [-0.39, 0.29) is 24.3 Å². The third kappa shape index (κ3) is 3.52. The van der Waals surface area contributed by atoms with Crippen LogP contribution in [-0.2, 0) is 16.0 Å². The molecule has 0 spiro atoms. The summed E-state index contributed by atoms with van der Waals surface area (Å²) in [7, 11) is 0. The lowest BCUT2D eigenvalue weighted by molar-refractivity contribution is 0.0675. The van der Waals surface area contributed by atoms with Crippen molar-refractivity contribution in [1.82, 2.24) is 15.3 Å². The summed E-state index contributed by atoms with van der Waals surface area (Å²) < 4.78 is 17.5. The lowest BCUT2D eigenvalue weighted by Crippen LogP contribution is -2.41. The number of aromatic nitrogens is 2. The summed E-state index contributed by atoms with van der Waals surface area (Å²) in [6.45, 7) is 1.99. The molecule has 28 heavy (non-hydrogen) atoms. The number of nitrogens with zero attached hydrogens (tertiary/aromatic N) is 2. The molecule has 0 bridgehead atoms. The van der Waals surface area contributed by atoms with Crippen LogP contribution < -0.4 is 10.6 Å². The Morgan fingerprint density at radius 2 is 1.75 bits per heavy atom. The van der Waals surface area contributed by atoms with E-state index in [4.69, 9.17) is 13.9 Å². The van der Waals surface area contributed by atoms with E-state index in [2.05, 4.69) is 32.7 Å². The minimum atomic E-state index is -0.0239. The highest BCUT2D eigenvalue weighted by atomic mass is 16.6. The van der Waals surface area contributed by atoms with Crippen molar-refractivity contribution in [2.24, 2.45) is 0 Å². The highest BCUT2D eigenvalue weighted by molar-refractivity contribution is 5.53. The van der Waals surface area contributed by atoms with Gasteiger partial charge in [0.05, 0.1) is 31.6 Å². The van der Waals surface area contributed by atoms with Gasteiger partial charge < -0.3 is 24.5 Å². The number of hydrogen-bond acceptors (Lipinski definition) is 7. The smallest absolute Gasteiger partial charge is 0.223 e. The average Bonchev–Trinajstić information content (AvgIpc) is 3.47. The van der Waals surface area contributed by atoms with E-state index in [1.165, 1.54) is 5.56 Å². The second kappa shape index (κ2) is 7.71. The molecule has 7 heteroatoms. The van der Waals surface area contributed by atoms with Gasteiger partial charge >= 0.3 is 0 Å². The van der Waals surface area contributed by atoms with Crippen molar-refractivity contribution in [2.75, 3.05) is 18.5 Å². The summed E-state index contributed by atoms with van der Waals surface area (Å²) in [6, 6.07) is 16.1. The van der Waals surface area contributed by atoms with Crippen LogP contribution in [0, 0.1) is 0 Å². The molecule has 5 rings (SSSR count). The second-order valence-corrected chi connectivity index (χ2v) is 7.06. The normalized spacial score (nSPS) is 26.3. The SMILES string of the molecule is c1ccc(CN[C@H]2CO[C@H]3[C@@H]2OC[C@@H]3Nc2nccc(-c3ccco3)n2)cc1. The van der Waals surface area contributed by atoms with Gasteiger partial charge in [0.1, 0.15) is 17.9 Å². The van der Waals surface area contributed by atoms with Gasteiger partial charge in [0.15, 0.2) is 5.76 Å². The maximum atomic E-state index is 6.04. The zero-order valence-corrected chi connectivity index (χ0v) is 15.3. The van der Waals surface area contributed by atoms with Crippen molar-refractivity contribution in [2.45, 2.75) is 30.8 Å². The van der Waals surface area contributed by atoms with E-state index < -0.39 is 0 Å². The van der Waals surface area contributed by atoms with E-state index in [1.807, 2.05) is 36.4 Å². The summed E-state index contributed by atoms with van der Waals surface area (Å²) in [5.41, 5.74) is 1.99. The first-order valence-electron chi connectivity index (χ1n) is 9.51. The minimum absolute atomic E-state index is 0.0142. The molecule has 144 valence electrons. The van der Waals surface area contributed by atoms with Gasteiger partial charge in [-0.25, -0.2) is 9.97 Å². The Labute approximate surface area is 163 Å². The van der Waals surface area contributed by atoms with Crippen molar-refractivity contribution in [3.63, 3.8) is 0 Å². The summed E-state index contributed by atoms with van der Waals surface area (Å²) in [4.78, 5) is 8.88. The number of hydrogen-bond donors (Lipinski definition) is 2.